The molecule has 1 heterocycles. The molecule has 0 fully saturated rings. The fourth-order valence-electron chi connectivity index (χ4n) is 3.12. The highest BCUT2D eigenvalue weighted by Crippen LogP contribution is 2.32. The van der Waals surface area contributed by atoms with Crippen molar-refractivity contribution in [3.8, 4) is 11.1 Å². The van der Waals surface area contributed by atoms with E-state index in [9.17, 15) is 4.79 Å². The van der Waals surface area contributed by atoms with Crippen LogP contribution in [0, 0.1) is 6.92 Å². The Morgan fingerprint density at radius 1 is 0.963 bits per heavy atom. The molecule has 0 atom stereocenters. The average molecular weight is 357 g/mol. The predicted molar refractivity (Wildman–Crippen MR) is 110 cm³/mol. The highest BCUT2D eigenvalue weighted by atomic mass is 16.2. The second-order valence-corrected chi connectivity index (χ2v) is 6.37. The van der Waals surface area contributed by atoms with Gasteiger partial charge in [-0.05, 0) is 53.9 Å². The number of nitrogens with zero attached hydrogens (tertiary/aromatic N) is 1. The summed E-state index contributed by atoms with van der Waals surface area (Å²) in [6, 6.07) is 20.9. The molecule has 0 spiro atoms. The van der Waals surface area contributed by atoms with Crippen molar-refractivity contribution < 1.29 is 4.79 Å². The van der Waals surface area contributed by atoms with Crippen molar-refractivity contribution >= 4 is 34.1 Å². The van der Waals surface area contributed by atoms with Crippen LogP contribution in [0.2, 0.25) is 0 Å². The van der Waals surface area contributed by atoms with Gasteiger partial charge in [0.2, 0.25) is 0 Å². The molecule has 27 heavy (non-hydrogen) atoms. The van der Waals surface area contributed by atoms with Crippen LogP contribution in [0.15, 0.2) is 66.7 Å². The van der Waals surface area contributed by atoms with E-state index in [1.54, 1.807) is 0 Å². The Labute approximate surface area is 156 Å². The minimum atomic E-state index is -0.293. The van der Waals surface area contributed by atoms with Gasteiger partial charge in [0.25, 0.3) is 0 Å². The molecule has 6 heteroatoms. The molecule has 3 aromatic carbocycles. The summed E-state index contributed by atoms with van der Waals surface area (Å²) in [4.78, 5) is 12.3. The quantitative estimate of drug-likeness (QED) is 0.425. The first-order valence-corrected chi connectivity index (χ1v) is 8.58. The SMILES string of the molecule is Cc1cccc(NC(=O)Nc2cccc(-c3cccc4[nH]nc(N)c34)c2)c1. The second kappa shape index (κ2) is 6.84. The van der Waals surface area contributed by atoms with Crippen LogP contribution in [0.25, 0.3) is 22.0 Å². The highest BCUT2D eigenvalue weighted by molar-refractivity contribution is 6.03. The summed E-state index contributed by atoms with van der Waals surface area (Å²) < 4.78 is 0. The molecule has 134 valence electrons. The highest BCUT2D eigenvalue weighted by Gasteiger charge is 2.10. The van der Waals surface area contributed by atoms with Gasteiger partial charge < -0.3 is 16.4 Å². The van der Waals surface area contributed by atoms with E-state index in [1.807, 2.05) is 73.7 Å². The maximum absolute atomic E-state index is 12.3. The number of aryl methyl sites for hydroxylation is 1. The number of hydrogen-bond acceptors (Lipinski definition) is 3. The Kier molecular flexibility index (Phi) is 4.22. The third-order valence-electron chi connectivity index (χ3n) is 4.32. The van der Waals surface area contributed by atoms with E-state index in [-0.39, 0.29) is 6.03 Å². The van der Waals surface area contributed by atoms with Crippen LogP contribution in [0.3, 0.4) is 0 Å². The molecule has 0 aliphatic rings. The molecule has 0 saturated heterocycles. The fourth-order valence-corrected chi connectivity index (χ4v) is 3.12. The molecule has 0 bridgehead atoms. The molecular formula is C21H19N5O. The largest absolute Gasteiger partial charge is 0.382 e. The van der Waals surface area contributed by atoms with Crippen LogP contribution >= 0.6 is 0 Å². The smallest absolute Gasteiger partial charge is 0.323 e. The topological polar surface area (TPSA) is 95.8 Å². The summed E-state index contributed by atoms with van der Waals surface area (Å²) in [7, 11) is 0. The van der Waals surface area contributed by atoms with Crippen LogP contribution in [0.5, 0.6) is 0 Å². The third-order valence-corrected chi connectivity index (χ3v) is 4.32. The Hall–Kier alpha value is -3.80. The lowest BCUT2D eigenvalue weighted by Gasteiger charge is -2.10. The Morgan fingerprint density at radius 3 is 2.44 bits per heavy atom. The van der Waals surface area contributed by atoms with Gasteiger partial charge in [0.05, 0.1) is 10.9 Å². The summed E-state index contributed by atoms with van der Waals surface area (Å²) in [5.74, 6) is 0.455. The number of amides is 2. The first-order chi connectivity index (χ1) is 13.1. The van der Waals surface area contributed by atoms with Gasteiger partial charge in [0.15, 0.2) is 5.82 Å². The van der Waals surface area contributed by atoms with Crippen molar-refractivity contribution in [2.75, 3.05) is 16.4 Å². The van der Waals surface area contributed by atoms with Gasteiger partial charge in [-0.2, -0.15) is 5.10 Å². The van der Waals surface area contributed by atoms with Crippen LogP contribution in [0.4, 0.5) is 22.0 Å². The van der Waals surface area contributed by atoms with Gasteiger partial charge >= 0.3 is 6.03 Å². The van der Waals surface area contributed by atoms with Gasteiger partial charge in [-0.25, -0.2) is 4.79 Å². The zero-order valence-corrected chi connectivity index (χ0v) is 14.8. The van der Waals surface area contributed by atoms with Crippen molar-refractivity contribution in [2.45, 2.75) is 6.92 Å². The number of aromatic amines is 1. The minimum Gasteiger partial charge on any atom is -0.382 e. The van der Waals surface area contributed by atoms with E-state index in [0.29, 0.717) is 11.5 Å². The first-order valence-electron chi connectivity index (χ1n) is 8.58. The van der Waals surface area contributed by atoms with Crippen molar-refractivity contribution in [1.82, 2.24) is 10.2 Å². The molecule has 5 N–H and O–H groups in total. The van der Waals surface area contributed by atoms with Crippen molar-refractivity contribution in [1.29, 1.82) is 0 Å². The number of nitrogens with two attached hydrogens (primary N) is 1. The molecule has 0 unspecified atom stereocenters. The molecule has 0 radical (unpaired) electrons. The lowest BCUT2D eigenvalue weighted by Crippen LogP contribution is -2.19. The van der Waals surface area contributed by atoms with Crippen molar-refractivity contribution in [3.63, 3.8) is 0 Å². The molecule has 4 rings (SSSR count). The summed E-state index contributed by atoms with van der Waals surface area (Å²) in [6.45, 7) is 1.98. The van der Waals surface area contributed by atoms with Gasteiger partial charge in [0, 0.05) is 11.4 Å². The molecule has 0 aliphatic heterocycles. The molecule has 2 amide bonds. The van der Waals surface area contributed by atoms with Crippen LogP contribution in [-0.2, 0) is 0 Å². The van der Waals surface area contributed by atoms with Crippen molar-refractivity contribution in [2.24, 2.45) is 0 Å². The summed E-state index contributed by atoms with van der Waals surface area (Å²) in [6.07, 6.45) is 0. The number of H-pyrrole nitrogens is 1. The number of nitrogens with one attached hydrogen (secondary N) is 3. The van der Waals surface area contributed by atoms with E-state index in [1.165, 1.54) is 0 Å². The van der Waals surface area contributed by atoms with Crippen molar-refractivity contribution in [3.05, 3.63) is 72.3 Å². The van der Waals surface area contributed by atoms with Gasteiger partial charge in [-0.1, -0.05) is 36.4 Å². The maximum Gasteiger partial charge on any atom is 0.323 e. The number of fused-ring (bicyclic) bond motifs is 1. The number of urea groups is 1. The fraction of sp³-hybridized carbons (Fsp3) is 0.0476. The number of carbonyl (C=O) groups excluding carboxylic acids is 1. The lowest BCUT2D eigenvalue weighted by atomic mass is 10.0. The third kappa shape index (κ3) is 3.46. The molecule has 4 aromatic rings. The maximum atomic E-state index is 12.3. The van der Waals surface area contributed by atoms with Crippen LogP contribution in [0.1, 0.15) is 5.56 Å². The predicted octanol–water partition coefficient (Wildman–Crippen LogP) is 4.76. The Morgan fingerprint density at radius 2 is 1.67 bits per heavy atom. The number of aromatic nitrogens is 2. The summed E-state index contributed by atoms with van der Waals surface area (Å²) in [5, 5.41) is 13.6. The van der Waals surface area contributed by atoms with Crippen LogP contribution in [-0.4, -0.2) is 16.2 Å². The van der Waals surface area contributed by atoms with E-state index < -0.39 is 0 Å². The normalized spacial score (nSPS) is 10.7. The van der Waals surface area contributed by atoms with E-state index >= 15 is 0 Å². The standard InChI is InChI=1S/C21H19N5O/c1-13-5-2-7-15(11-13)23-21(27)24-16-8-3-6-14(12-16)17-9-4-10-18-19(17)20(22)26-25-18/h2-12H,1H3,(H3,22,25,26)(H2,23,24,27). The summed E-state index contributed by atoms with van der Waals surface area (Å²) in [5.41, 5.74) is 11.3. The van der Waals surface area contributed by atoms with Gasteiger partial charge in [-0.15, -0.1) is 0 Å². The van der Waals surface area contributed by atoms with Gasteiger partial charge in [0.1, 0.15) is 0 Å². The molecule has 0 aliphatic carbocycles. The monoisotopic (exact) mass is 357 g/mol. The number of benzene rings is 3. The Bertz CT molecular complexity index is 1130. The molecule has 6 nitrogen and oxygen atoms in total. The summed E-state index contributed by atoms with van der Waals surface area (Å²) >= 11 is 0. The Balaban J connectivity index is 1.59. The zero-order valence-electron chi connectivity index (χ0n) is 14.8. The van der Waals surface area contributed by atoms with Gasteiger partial charge in [-0.3, -0.25) is 5.10 Å². The minimum absolute atomic E-state index is 0.293. The van der Waals surface area contributed by atoms with E-state index in [4.69, 9.17) is 5.73 Å². The average Bonchev–Trinajstić information content (AvgIpc) is 3.03. The first kappa shape index (κ1) is 16.7. The molecule has 1 aromatic heterocycles. The van der Waals surface area contributed by atoms with E-state index in [2.05, 4.69) is 20.8 Å². The number of rotatable bonds is 3. The molecule has 0 saturated carbocycles. The van der Waals surface area contributed by atoms with E-state index in [0.717, 1.165) is 33.3 Å². The lowest BCUT2D eigenvalue weighted by molar-refractivity contribution is 0.262. The molecular weight excluding hydrogens is 338 g/mol. The number of anilines is 3. The second-order valence-electron chi connectivity index (χ2n) is 6.37. The zero-order chi connectivity index (χ0) is 18.8. The van der Waals surface area contributed by atoms with Crippen LogP contribution < -0.4 is 16.4 Å². The number of hydrogen-bond donors (Lipinski definition) is 4. The number of carbonyl (C=O) groups is 1. The number of nitrogen functional groups attached to an aromatic ring is 1.